The quantitative estimate of drug-likeness (QED) is 0.924. The number of ether oxygens (including phenoxy) is 1. The summed E-state index contributed by atoms with van der Waals surface area (Å²) < 4.78 is 5.55. The molecule has 1 aromatic carbocycles. The molecule has 1 fully saturated rings. The minimum Gasteiger partial charge on any atom is -0.484 e. The second-order valence-electron chi connectivity index (χ2n) is 5.65. The van der Waals surface area contributed by atoms with Crippen molar-refractivity contribution in [2.45, 2.75) is 26.7 Å². The summed E-state index contributed by atoms with van der Waals surface area (Å²) in [6, 6.07) is 3.61. The van der Waals surface area contributed by atoms with Gasteiger partial charge in [-0.25, -0.2) is 0 Å². The van der Waals surface area contributed by atoms with E-state index in [0.717, 1.165) is 11.1 Å². The summed E-state index contributed by atoms with van der Waals surface area (Å²) in [6.07, 6.45) is 1.00. The summed E-state index contributed by atoms with van der Waals surface area (Å²) in [5, 5.41) is 9.65. The van der Waals surface area contributed by atoms with Gasteiger partial charge in [0.2, 0.25) is 0 Å². The predicted molar refractivity (Wildman–Crippen MR) is 83.4 cm³/mol. The third kappa shape index (κ3) is 3.91. The number of nitrogens with zero attached hydrogens (tertiary/aromatic N) is 1. The van der Waals surface area contributed by atoms with Crippen LogP contribution in [-0.2, 0) is 9.59 Å². The van der Waals surface area contributed by atoms with Gasteiger partial charge in [0.25, 0.3) is 5.91 Å². The molecule has 120 valence electrons. The van der Waals surface area contributed by atoms with Gasteiger partial charge >= 0.3 is 5.97 Å². The Labute approximate surface area is 134 Å². The van der Waals surface area contributed by atoms with Gasteiger partial charge in [-0.05, 0) is 49.9 Å². The van der Waals surface area contributed by atoms with Crippen LogP contribution in [0.4, 0.5) is 0 Å². The van der Waals surface area contributed by atoms with Crippen molar-refractivity contribution in [1.82, 2.24) is 4.90 Å². The Kier molecular flexibility index (Phi) is 5.29. The molecule has 1 aromatic rings. The third-order valence-electron chi connectivity index (χ3n) is 3.97. The van der Waals surface area contributed by atoms with Crippen molar-refractivity contribution in [3.63, 3.8) is 0 Å². The van der Waals surface area contributed by atoms with E-state index >= 15 is 0 Å². The van der Waals surface area contributed by atoms with E-state index < -0.39 is 5.97 Å². The maximum absolute atomic E-state index is 12.1. The van der Waals surface area contributed by atoms with E-state index in [1.807, 2.05) is 13.8 Å². The van der Waals surface area contributed by atoms with Crippen LogP contribution in [0.2, 0.25) is 5.02 Å². The lowest BCUT2D eigenvalue weighted by atomic mass is 9.97. The molecule has 1 aliphatic rings. The van der Waals surface area contributed by atoms with Crippen molar-refractivity contribution in [1.29, 1.82) is 0 Å². The molecule has 0 aromatic heterocycles. The number of carbonyl (C=O) groups is 2. The lowest BCUT2D eigenvalue weighted by Crippen LogP contribution is -2.42. The summed E-state index contributed by atoms with van der Waals surface area (Å²) >= 11 is 6.09. The number of piperidine rings is 1. The maximum atomic E-state index is 12.1. The molecule has 1 N–H and O–H groups in total. The minimum absolute atomic E-state index is 0.0434. The molecular formula is C16H20ClNO4. The van der Waals surface area contributed by atoms with Crippen molar-refractivity contribution in [2.75, 3.05) is 19.7 Å². The first-order valence-electron chi connectivity index (χ1n) is 7.28. The van der Waals surface area contributed by atoms with Crippen LogP contribution in [0.1, 0.15) is 24.0 Å². The average Bonchev–Trinajstić information content (AvgIpc) is 2.50. The fourth-order valence-corrected chi connectivity index (χ4v) is 2.71. The Hall–Kier alpha value is -1.75. The second kappa shape index (κ2) is 7.01. The number of aliphatic carboxylic acids is 1. The highest BCUT2D eigenvalue weighted by Gasteiger charge is 2.27. The second-order valence-corrected chi connectivity index (χ2v) is 6.03. The number of likely N-dealkylation sites (tertiary alicyclic amines) is 1. The number of benzene rings is 1. The fraction of sp³-hybridized carbons (Fsp3) is 0.500. The van der Waals surface area contributed by atoms with E-state index in [1.54, 1.807) is 17.0 Å². The molecule has 0 unspecified atom stereocenters. The van der Waals surface area contributed by atoms with Crippen LogP contribution in [0.15, 0.2) is 12.1 Å². The minimum atomic E-state index is -0.782. The highest BCUT2D eigenvalue weighted by atomic mass is 35.5. The zero-order valence-corrected chi connectivity index (χ0v) is 13.5. The molecule has 0 atom stereocenters. The highest BCUT2D eigenvalue weighted by molar-refractivity contribution is 6.32. The van der Waals surface area contributed by atoms with Gasteiger partial charge in [-0.2, -0.15) is 0 Å². The number of halogens is 1. The Morgan fingerprint density at radius 1 is 1.27 bits per heavy atom. The normalized spacial score (nSPS) is 15.7. The van der Waals surface area contributed by atoms with Gasteiger partial charge in [0, 0.05) is 18.1 Å². The van der Waals surface area contributed by atoms with Gasteiger partial charge in [-0.3, -0.25) is 9.59 Å². The standard InChI is InChI=1S/C16H20ClNO4/c1-10-7-13(8-11(2)15(10)17)22-9-14(19)18-5-3-12(4-6-18)16(20)21/h7-8,12H,3-6,9H2,1-2H3,(H,20,21). The van der Waals surface area contributed by atoms with Crippen molar-refractivity contribution < 1.29 is 19.4 Å². The lowest BCUT2D eigenvalue weighted by molar-refractivity contribution is -0.146. The molecule has 0 aliphatic carbocycles. The molecule has 1 saturated heterocycles. The van der Waals surface area contributed by atoms with E-state index in [4.69, 9.17) is 21.4 Å². The molecule has 6 heteroatoms. The van der Waals surface area contributed by atoms with Crippen molar-refractivity contribution in [2.24, 2.45) is 5.92 Å². The number of hydrogen-bond donors (Lipinski definition) is 1. The van der Waals surface area contributed by atoms with Crippen LogP contribution < -0.4 is 4.74 Å². The summed E-state index contributed by atoms with van der Waals surface area (Å²) in [5.41, 5.74) is 1.82. The van der Waals surface area contributed by atoms with Gasteiger partial charge in [-0.15, -0.1) is 0 Å². The van der Waals surface area contributed by atoms with Gasteiger partial charge in [0.05, 0.1) is 5.92 Å². The van der Waals surface area contributed by atoms with Crippen molar-refractivity contribution in [3.05, 3.63) is 28.3 Å². The predicted octanol–water partition coefficient (Wildman–Crippen LogP) is 2.66. The number of carboxylic acid groups (broad SMARTS) is 1. The molecule has 1 amide bonds. The van der Waals surface area contributed by atoms with Crippen LogP contribution in [0, 0.1) is 19.8 Å². The SMILES string of the molecule is Cc1cc(OCC(=O)N2CCC(C(=O)O)CC2)cc(C)c1Cl. The molecule has 0 saturated carbocycles. The molecule has 22 heavy (non-hydrogen) atoms. The van der Waals surface area contributed by atoms with E-state index in [9.17, 15) is 9.59 Å². The molecular weight excluding hydrogens is 306 g/mol. The first-order chi connectivity index (χ1) is 10.4. The van der Waals surface area contributed by atoms with Crippen LogP contribution in [0.5, 0.6) is 5.75 Å². The molecule has 0 radical (unpaired) electrons. The van der Waals surface area contributed by atoms with Crippen LogP contribution in [0.3, 0.4) is 0 Å². The van der Waals surface area contributed by atoms with Gasteiger partial charge in [0.1, 0.15) is 5.75 Å². The Balaban J connectivity index is 1.87. The van der Waals surface area contributed by atoms with E-state index in [2.05, 4.69) is 0 Å². The highest BCUT2D eigenvalue weighted by Crippen LogP contribution is 2.26. The monoisotopic (exact) mass is 325 g/mol. The lowest BCUT2D eigenvalue weighted by Gasteiger charge is -2.30. The van der Waals surface area contributed by atoms with Crippen LogP contribution in [0.25, 0.3) is 0 Å². The van der Waals surface area contributed by atoms with Crippen molar-refractivity contribution in [3.8, 4) is 5.75 Å². The summed E-state index contributed by atoms with van der Waals surface area (Å²) in [5.74, 6) is -0.621. The largest absolute Gasteiger partial charge is 0.484 e. The topological polar surface area (TPSA) is 66.8 Å². The average molecular weight is 326 g/mol. The Bertz CT molecular complexity index is 557. The number of amides is 1. The number of aryl methyl sites for hydroxylation is 2. The van der Waals surface area contributed by atoms with E-state index in [0.29, 0.717) is 36.7 Å². The fourth-order valence-electron chi connectivity index (χ4n) is 2.60. The van der Waals surface area contributed by atoms with Crippen molar-refractivity contribution >= 4 is 23.5 Å². The van der Waals surface area contributed by atoms with E-state index in [-0.39, 0.29) is 18.4 Å². The molecule has 1 heterocycles. The summed E-state index contributed by atoms with van der Waals surface area (Å²) in [6.45, 7) is 4.68. The molecule has 0 spiro atoms. The zero-order chi connectivity index (χ0) is 16.3. The number of rotatable bonds is 4. The van der Waals surface area contributed by atoms with Crippen LogP contribution >= 0.6 is 11.6 Å². The Morgan fingerprint density at radius 3 is 2.32 bits per heavy atom. The van der Waals surface area contributed by atoms with Crippen LogP contribution in [-0.4, -0.2) is 41.6 Å². The first-order valence-corrected chi connectivity index (χ1v) is 7.66. The number of carbonyl (C=O) groups excluding carboxylic acids is 1. The number of hydrogen-bond acceptors (Lipinski definition) is 3. The third-order valence-corrected chi connectivity index (χ3v) is 4.57. The first kappa shape index (κ1) is 16.6. The molecule has 1 aliphatic heterocycles. The van der Waals surface area contributed by atoms with Gasteiger partial charge in [0.15, 0.2) is 6.61 Å². The number of carboxylic acids is 1. The van der Waals surface area contributed by atoms with Gasteiger partial charge in [-0.1, -0.05) is 11.6 Å². The molecule has 5 nitrogen and oxygen atoms in total. The summed E-state index contributed by atoms with van der Waals surface area (Å²) in [7, 11) is 0. The summed E-state index contributed by atoms with van der Waals surface area (Å²) in [4.78, 5) is 24.7. The van der Waals surface area contributed by atoms with E-state index in [1.165, 1.54) is 0 Å². The Morgan fingerprint density at radius 2 is 1.82 bits per heavy atom. The molecule has 0 bridgehead atoms. The smallest absolute Gasteiger partial charge is 0.306 e. The zero-order valence-electron chi connectivity index (χ0n) is 12.8. The van der Waals surface area contributed by atoms with Gasteiger partial charge < -0.3 is 14.7 Å². The molecule has 2 rings (SSSR count). The maximum Gasteiger partial charge on any atom is 0.306 e.